The molecule has 7 nitrogen and oxygen atoms in total. The molecule has 0 heterocycles. The van der Waals surface area contributed by atoms with Crippen molar-refractivity contribution >= 4 is 35.4 Å². The van der Waals surface area contributed by atoms with Gasteiger partial charge in [0.1, 0.15) is 11.8 Å². The summed E-state index contributed by atoms with van der Waals surface area (Å²) in [6, 6.07) is 13.3. The third-order valence-corrected chi connectivity index (χ3v) is 4.36. The summed E-state index contributed by atoms with van der Waals surface area (Å²) in [6.45, 7) is 5.25. The zero-order valence-electron chi connectivity index (χ0n) is 16.7. The minimum absolute atomic E-state index is 0.275. The third kappa shape index (κ3) is 5.76. The summed E-state index contributed by atoms with van der Waals surface area (Å²) in [7, 11) is 0. The molecule has 7 heteroatoms. The van der Waals surface area contributed by atoms with E-state index in [0.717, 1.165) is 5.56 Å². The molecule has 152 valence electrons. The van der Waals surface area contributed by atoms with Crippen LogP contribution in [0.5, 0.6) is 0 Å². The summed E-state index contributed by atoms with van der Waals surface area (Å²) in [6.07, 6.45) is 3.67. The largest absolute Gasteiger partial charge is 0.399 e. The number of carbonyl (C=O) groups is 2. The lowest BCUT2D eigenvalue weighted by Gasteiger charge is -2.29. The molecule has 2 rings (SSSR count). The molecule has 0 saturated heterocycles. The van der Waals surface area contributed by atoms with Crippen LogP contribution in [0.4, 0.5) is 5.69 Å². The SMILES string of the molecule is CC(C)(C)C(NC(=O)C(=N)c1ccccc1/C=C\c1ccc(N)cc1)C(=O)NO. The van der Waals surface area contributed by atoms with E-state index in [1.165, 1.54) is 0 Å². The standard InChI is InChI=1S/C22H26N4O3/c1-22(2,3)19(21(28)26-29)25-20(27)18(24)17-7-5-4-6-15(17)11-8-14-9-12-16(23)13-10-14/h4-13,19,24,29H,23H2,1-3H3,(H,25,27)(H,26,28)/b11-8-,24-18?. The van der Waals surface area contributed by atoms with Crippen molar-refractivity contribution < 1.29 is 14.8 Å². The van der Waals surface area contributed by atoms with E-state index >= 15 is 0 Å². The Morgan fingerprint density at radius 3 is 2.28 bits per heavy atom. The highest BCUT2D eigenvalue weighted by atomic mass is 16.5. The van der Waals surface area contributed by atoms with Crippen LogP contribution in [-0.2, 0) is 9.59 Å². The minimum atomic E-state index is -1.00. The summed E-state index contributed by atoms with van der Waals surface area (Å²) in [5.74, 6) is -1.45. The number of nitrogens with one attached hydrogen (secondary N) is 3. The Morgan fingerprint density at radius 2 is 1.69 bits per heavy atom. The monoisotopic (exact) mass is 394 g/mol. The summed E-state index contributed by atoms with van der Waals surface area (Å²) in [5, 5.41) is 19.8. The summed E-state index contributed by atoms with van der Waals surface area (Å²) in [5.41, 5.74) is 9.03. The van der Waals surface area contributed by atoms with Crippen molar-refractivity contribution in [1.29, 1.82) is 5.41 Å². The van der Waals surface area contributed by atoms with Crippen molar-refractivity contribution in [2.24, 2.45) is 5.41 Å². The minimum Gasteiger partial charge on any atom is -0.399 e. The Bertz CT molecular complexity index is 928. The quantitative estimate of drug-likeness (QED) is 0.170. The molecule has 0 aromatic heterocycles. The molecule has 1 atom stereocenters. The Hall–Kier alpha value is -3.45. The maximum Gasteiger partial charge on any atom is 0.270 e. The van der Waals surface area contributed by atoms with Crippen LogP contribution in [0.15, 0.2) is 48.5 Å². The van der Waals surface area contributed by atoms with Crippen LogP contribution in [0.1, 0.15) is 37.5 Å². The van der Waals surface area contributed by atoms with Gasteiger partial charge in [-0.3, -0.25) is 20.2 Å². The second kappa shape index (κ2) is 9.16. The van der Waals surface area contributed by atoms with Crippen molar-refractivity contribution in [2.45, 2.75) is 26.8 Å². The number of nitrogens with two attached hydrogens (primary N) is 1. The van der Waals surface area contributed by atoms with Crippen molar-refractivity contribution in [2.75, 3.05) is 5.73 Å². The number of nitrogen functional groups attached to an aromatic ring is 1. The van der Waals surface area contributed by atoms with E-state index in [9.17, 15) is 9.59 Å². The Labute approximate surface area is 170 Å². The maximum absolute atomic E-state index is 12.6. The van der Waals surface area contributed by atoms with Crippen molar-refractivity contribution in [1.82, 2.24) is 10.8 Å². The van der Waals surface area contributed by atoms with Crippen LogP contribution in [0.25, 0.3) is 12.2 Å². The predicted octanol–water partition coefficient (Wildman–Crippen LogP) is 2.84. The summed E-state index contributed by atoms with van der Waals surface area (Å²) in [4.78, 5) is 24.6. The second-order valence-electron chi connectivity index (χ2n) is 7.71. The fourth-order valence-electron chi connectivity index (χ4n) is 2.73. The number of rotatable bonds is 6. The van der Waals surface area contributed by atoms with E-state index in [2.05, 4.69) is 5.32 Å². The maximum atomic E-state index is 12.6. The van der Waals surface area contributed by atoms with Crippen LogP contribution in [0.2, 0.25) is 0 Å². The molecule has 0 spiro atoms. The van der Waals surface area contributed by atoms with E-state index in [0.29, 0.717) is 16.8 Å². The number of hydrogen-bond donors (Lipinski definition) is 5. The first-order valence-electron chi connectivity index (χ1n) is 9.10. The van der Waals surface area contributed by atoms with Gasteiger partial charge >= 0.3 is 0 Å². The fraction of sp³-hybridized carbons (Fsp3) is 0.227. The predicted molar refractivity (Wildman–Crippen MR) is 114 cm³/mol. The van der Waals surface area contributed by atoms with Gasteiger partial charge in [0.25, 0.3) is 11.8 Å². The number of anilines is 1. The zero-order valence-corrected chi connectivity index (χ0v) is 16.7. The first-order valence-corrected chi connectivity index (χ1v) is 9.10. The van der Waals surface area contributed by atoms with Crippen molar-refractivity contribution in [3.05, 3.63) is 65.2 Å². The van der Waals surface area contributed by atoms with E-state index < -0.39 is 23.3 Å². The zero-order chi connectivity index (χ0) is 21.6. The van der Waals surface area contributed by atoms with Gasteiger partial charge in [-0.1, -0.05) is 69.3 Å². The van der Waals surface area contributed by atoms with E-state index in [1.807, 2.05) is 30.4 Å². The van der Waals surface area contributed by atoms with Gasteiger partial charge in [-0.05, 0) is 28.7 Å². The highest BCUT2D eigenvalue weighted by molar-refractivity contribution is 6.45. The topological polar surface area (TPSA) is 128 Å². The van der Waals surface area contributed by atoms with Crippen LogP contribution in [0, 0.1) is 10.8 Å². The van der Waals surface area contributed by atoms with Gasteiger partial charge in [-0.15, -0.1) is 0 Å². The molecule has 0 aliphatic carbocycles. The number of hydrogen-bond acceptors (Lipinski definition) is 5. The molecular weight excluding hydrogens is 368 g/mol. The van der Waals surface area contributed by atoms with Crippen LogP contribution in [-0.4, -0.2) is 28.8 Å². The lowest BCUT2D eigenvalue weighted by atomic mass is 9.86. The van der Waals surface area contributed by atoms with E-state index in [-0.39, 0.29) is 5.71 Å². The fourth-order valence-corrected chi connectivity index (χ4v) is 2.73. The van der Waals surface area contributed by atoms with Crippen LogP contribution < -0.4 is 16.5 Å². The first kappa shape index (κ1) is 21.8. The molecule has 0 saturated carbocycles. The molecular formula is C22H26N4O3. The Balaban J connectivity index is 2.25. The molecule has 0 bridgehead atoms. The molecule has 0 radical (unpaired) electrons. The Kier molecular flexibility index (Phi) is 6.90. The second-order valence-corrected chi connectivity index (χ2v) is 7.71. The Morgan fingerprint density at radius 1 is 1.07 bits per heavy atom. The lowest BCUT2D eigenvalue weighted by molar-refractivity contribution is -0.136. The van der Waals surface area contributed by atoms with Crippen molar-refractivity contribution in [3.8, 4) is 0 Å². The third-order valence-electron chi connectivity index (χ3n) is 4.36. The van der Waals surface area contributed by atoms with Gasteiger partial charge in [0, 0.05) is 11.3 Å². The van der Waals surface area contributed by atoms with E-state index in [4.69, 9.17) is 16.4 Å². The highest BCUT2D eigenvalue weighted by Gasteiger charge is 2.33. The molecule has 0 fully saturated rings. The number of carbonyl (C=O) groups excluding carboxylic acids is 2. The first-order chi connectivity index (χ1) is 13.6. The number of hydroxylamine groups is 1. The molecule has 0 aliphatic rings. The van der Waals surface area contributed by atoms with Gasteiger partial charge in [0.15, 0.2) is 0 Å². The van der Waals surface area contributed by atoms with Gasteiger partial charge in [-0.2, -0.15) is 0 Å². The molecule has 1 unspecified atom stereocenters. The molecule has 2 amide bonds. The smallest absolute Gasteiger partial charge is 0.270 e. The lowest BCUT2D eigenvalue weighted by Crippen LogP contribution is -2.54. The average molecular weight is 394 g/mol. The average Bonchev–Trinajstić information content (AvgIpc) is 2.69. The molecule has 6 N–H and O–H groups in total. The molecule has 2 aromatic carbocycles. The van der Waals surface area contributed by atoms with Crippen LogP contribution >= 0.6 is 0 Å². The molecule has 0 aliphatic heterocycles. The van der Waals surface area contributed by atoms with Crippen molar-refractivity contribution in [3.63, 3.8) is 0 Å². The van der Waals surface area contributed by atoms with Crippen LogP contribution in [0.3, 0.4) is 0 Å². The summed E-state index contributed by atoms with van der Waals surface area (Å²) >= 11 is 0. The van der Waals surface area contributed by atoms with Gasteiger partial charge < -0.3 is 11.1 Å². The van der Waals surface area contributed by atoms with Gasteiger partial charge in [-0.25, -0.2) is 5.48 Å². The number of amides is 2. The molecule has 2 aromatic rings. The normalized spacial score (nSPS) is 12.4. The van der Waals surface area contributed by atoms with E-state index in [1.54, 1.807) is 56.6 Å². The number of benzene rings is 2. The highest BCUT2D eigenvalue weighted by Crippen LogP contribution is 2.20. The van der Waals surface area contributed by atoms with Gasteiger partial charge in [0.05, 0.1) is 0 Å². The summed E-state index contributed by atoms with van der Waals surface area (Å²) < 4.78 is 0. The van der Waals surface area contributed by atoms with Gasteiger partial charge in [0.2, 0.25) is 0 Å². The molecule has 29 heavy (non-hydrogen) atoms.